The second-order valence-corrected chi connectivity index (χ2v) is 7.84. The van der Waals surface area contributed by atoms with Crippen LogP contribution < -0.4 is 21.9 Å². The van der Waals surface area contributed by atoms with Crippen molar-refractivity contribution in [2.24, 2.45) is 11.5 Å². The topological polar surface area (TPSA) is 100 Å². The Hall–Kier alpha value is -2.89. The Kier molecular flexibility index (Phi) is 5.51. The van der Waals surface area contributed by atoms with Crippen LogP contribution in [0.25, 0.3) is 11.1 Å². The van der Waals surface area contributed by atoms with Crippen LogP contribution in [0.1, 0.15) is 54.6 Å². The van der Waals surface area contributed by atoms with E-state index in [4.69, 9.17) is 21.9 Å². The number of hydrogen-bond donors (Lipinski definition) is 3. The van der Waals surface area contributed by atoms with Crippen molar-refractivity contribution >= 4 is 5.82 Å². The Bertz CT molecular complexity index is 992. The van der Waals surface area contributed by atoms with Gasteiger partial charge in [-0.05, 0) is 66.8 Å². The van der Waals surface area contributed by atoms with Gasteiger partial charge in [0, 0.05) is 17.2 Å². The number of anilines is 1. The van der Waals surface area contributed by atoms with Crippen molar-refractivity contribution in [2.45, 2.75) is 44.7 Å². The number of hydrogen-bond acceptors (Lipinski definition) is 5. The van der Waals surface area contributed by atoms with Crippen LogP contribution in [0.15, 0.2) is 54.6 Å². The van der Waals surface area contributed by atoms with E-state index in [1.165, 1.54) is 12.8 Å². The zero-order chi connectivity index (χ0) is 20.4. The molecular formula is C24H28N4O. The molecule has 5 nitrogen and oxygen atoms in total. The van der Waals surface area contributed by atoms with Gasteiger partial charge >= 0.3 is 0 Å². The Morgan fingerprint density at radius 3 is 2.34 bits per heavy atom. The largest absolute Gasteiger partial charge is 0.457 e. The molecule has 0 saturated heterocycles. The van der Waals surface area contributed by atoms with E-state index in [9.17, 15) is 0 Å². The predicted octanol–water partition coefficient (Wildman–Crippen LogP) is 5.01. The van der Waals surface area contributed by atoms with Crippen molar-refractivity contribution in [3.8, 4) is 22.6 Å². The summed E-state index contributed by atoms with van der Waals surface area (Å²) in [4.78, 5) is 4.64. The summed E-state index contributed by atoms with van der Waals surface area (Å²) in [6.45, 7) is 2.04. The van der Waals surface area contributed by atoms with Crippen molar-refractivity contribution in [1.82, 2.24) is 4.98 Å². The molecule has 1 aromatic heterocycles. The molecule has 150 valence electrons. The molecule has 4 rings (SSSR count). The molecule has 0 radical (unpaired) electrons. The van der Waals surface area contributed by atoms with E-state index in [2.05, 4.69) is 11.1 Å². The van der Waals surface area contributed by atoms with Crippen molar-refractivity contribution in [1.29, 1.82) is 0 Å². The second kappa shape index (κ2) is 8.23. The minimum atomic E-state index is -0.682. The smallest absolute Gasteiger partial charge is 0.130 e. The van der Waals surface area contributed by atoms with Crippen LogP contribution in [0.3, 0.4) is 0 Å². The summed E-state index contributed by atoms with van der Waals surface area (Å²) >= 11 is 0. The second-order valence-electron chi connectivity index (χ2n) is 7.84. The van der Waals surface area contributed by atoms with E-state index in [-0.39, 0.29) is 0 Å². The third-order valence-corrected chi connectivity index (χ3v) is 5.61. The molecule has 0 spiro atoms. The average molecular weight is 389 g/mol. The van der Waals surface area contributed by atoms with Gasteiger partial charge in [-0.1, -0.05) is 37.1 Å². The monoisotopic (exact) mass is 388 g/mol. The summed E-state index contributed by atoms with van der Waals surface area (Å²) in [5.74, 6) is 2.48. The molecule has 0 amide bonds. The number of aromatic nitrogens is 1. The highest BCUT2D eigenvalue weighted by Crippen LogP contribution is 2.38. The number of pyridine rings is 1. The van der Waals surface area contributed by atoms with Crippen molar-refractivity contribution in [2.75, 3.05) is 5.73 Å². The molecule has 3 aromatic rings. The molecule has 0 atom stereocenters. The van der Waals surface area contributed by atoms with Crippen LogP contribution in [0.5, 0.6) is 11.5 Å². The molecular weight excluding hydrogens is 360 g/mol. The minimum absolute atomic E-state index is 0.430. The lowest BCUT2D eigenvalue weighted by atomic mass is 9.94. The van der Waals surface area contributed by atoms with Gasteiger partial charge in [-0.2, -0.15) is 0 Å². The van der Waals surface area contributed by atoms with Gasteiger partial charge in [-0.15, -0.1) is 0 Å². The standard InChI is InChI=1S/C24H28N4O/c1-15-5-4-8-19(13-15)29-18-11-9-16(10-12-18)20-14-21(17-6-2-3-7-17)28-24(27)22(20)23(25)26/h4-5,8-14,17,23H,2-3,6-7,25-26H2,1H3,(H2,27,28). The molecule has 5 heteroatoms. The quantitative estimate of drug-likeness (QED) is 0.534. The number of ether oxygens (including phenoxy) is 1. The van der Waals surface area contributed by atoms with Crippen LogP contribution in [0.4, 0.5) is 5.82 Å². The number of nitrogens with two attached hydrogens (primary N) is 3. The molecule has 0 bridgehead atoms. The summed E-state index contributed by atoms with van der Waals surface area (Å²) in [6, 6.07) is 18.0. The molecule has 29 heavy (non-hydrogen) atoms. The van der Waals surface area contributed by atoms with Gasteiger partial charge in [0.05, 0.1) is 6.17 Å². The maximum atomic E-state index is 6.28. The van der Waals surface area contributed by atoms with Crippen LogP contribution in [-0.4, -0.2) is 4.98 Å². The van der Waals surface area contributed by atoms with Crippen molar-refractivity contribution in [3.05, 3.63) is 71.4 Å². The molecule has 0 aliphatic heterocycles. The number of nitrogens with zero attached hydrogens (tertiary/aromatic N) is 1. The predicted molar refractivity (Wildman–Crippen MR) is 118 cm³/mol. The average Bonchev–Trinajstić information content (AvgIpc) is 3.22. The molecule has 2 aromatic carbocycles. The lowest BCUT2D eigenvalue weighted by Crippen LogP contribution is -2.23. The lowest BCUT2D eigenvalue weighted by Gasteiger charge is -2.19. The van der Waals surface area contributed by atoms with Crippen LogP contribution >= 0.6 is 0 Å². The normalized spacial score (nSPS) is 14.5. The maximum Gasteiger partial charge on any atom is 0.130 e. The van der Waals surface area contributed by atoms with Gasteiger partial charge in [-0.3, -0.25) is 0 Å². The Morgan fingerprint density at radius 1 is 0.966 bits per heavy atom. The maximum absolute atomic E-state index is 6.28. The summed E-state index contributed by atoms with van der Waals surface area (Å²) in [7, 11) is 0. The first kappa shape index (κ1) is 19.4. The molecule has 1 aliphatic carbocycles. The summed E-state index contributed by atoms with van der Waals surface area (Å²) in [5, 5.41) is 0. The SMILES string of the molecule is Cc1cccc(Oc2ccc(-c3cc(C4CCCC4)nc(N)c3C(N)N)cc2)c1. The van der Waals surface area contributed by atoms with Crippen LogP contribution in [-0.2, 0) is 0 Å². The number of benzene rings is 2. The third kappa shape index (κ3) is 4.26. The first-order chi connectivity index (χ1) is 14.0. The number of nitrogen functional groups attached to an aromatic ring is 1. The fraction of sp³-hybridized carbons (Fsp3) is 0.292. The van der Waals surface area contributed by atoms with E-state index in [1.807, 2.05) is 55.5 Å². The van der Waals surface area contributed by atoms with Gasteiger partial charge in [-0.25, -0.2) is 4.98 Å². The highest BCUT2D eigenvalue weighted by Gasteiger charge is 2.23. The Labute approximate surface area is 171 Å². The fourth-order valence-electron chi connectivity index (χ4n) is 4.13. The molecule has 1 heterocycles. The van der Waals surface area contributed by atoms with E-state index in [0.717, 1.165) is 46.7 Å². The molecule has 1 fully saturated rings. The van der Waals surface area contributed by atoms with Gasteiger partial charge in [0.25, 0.3) is 0 Å². The van der Waals surface area contributed by atoms with Gasteiger partial charge in [0.1, 0.15) is 17.3 Å². The number of aryl methyl sites for hydroxylation is 1. The van der Waals surface area contributed by atoms with E-state index in [0.29, 0.717) is 17.3 Å². The lowest BCUT2D eigenvalue weighted by molar-refractivity contribution is 0.482. The molecule has 0 unspecified atom stereocenters. The Balaban J connectivity index is 1.67. The van der Waals surface area contributed by atoms with Crippen LogP contribution in [0.2, 0.25) is 0 Å². The Morgan fingerprint density at radius 2 is 1.69 bits per heavy atom. The molecule has 1 saturated carbocycles. The highest BCUT2D eigenvalue weighted by atomic mass is 16.5. The molecule has 1 aliphatic rings. The van der Waals surface area contributed by atoms with Gasteiger partial charge in [0.2, 0.25) is 0 Å². The van der Waals surface area contributed by atoms with Crippen molar-refractivity contribution in [3.63, 3.8) is 0 Å². The van der Waals surface area contributed by atoms with E-state index < -0.39 is 6.17 Å². The molecule has 6 N–H and O–H groups in total. The minimum Gasteiger partial charge on any atom is -0.457 e. The van der Waals surface area contributed by atoms with E-state index >= 15 is 0 Å². The zero-order valence-corrected chi connectivity index (χ0v) is 16.8. The third-order valence-electron chi connectivity index (χ3n) is 5.61. The first-order valence-electron chi connectivity index (χ1n) is 10.2. The van der Waals surface area contributed by atoms with Gasteiger partial charge in [0.15, 0.2) is 0 Å². The summed E-state index contributed by atoms with van der Waals surface area (Å²) < 4.78 is 5.97. The first-order valence-corrected chi connectivity index (χ1v) is 10.2. The van der Waals surface area contributed by atoms with E-state index in [1.54, 1.807) is 0 Å². The number of rotatable bonds is 5. The fourth-order valence-corrected chi connectivity index (χ4v) is 4.13. The summed E-state index contributed by atoms with van der Waals surface area (Å²) in [5.41, 5.74) is 23.2. The highest BCUT2D eigenvalue weighted by molar-refractivity contribution is 5.73. The van der Waals surface area contributed by atoms with Crippen molar-refractivity contribution < 1.29 is 4.74 Å². The summed E-state index contributed by atoms with van der Waals surface area (Å²) in [6.07, 6.45) is 4.11. The van der Waals surface area contributed by atoms with Crippen LogP contribution in [0, 0.1) is 6.92 Å². The zero-order valence-electron chi connectivity index (χ0n) is 16.8. The van der Waals surface area contributed by atoms with Gasteiger partial charge < -0.3 is 21.9 Å².